The number of nitrogens with one attached hydrogen (secondary N) is 3. The van der Waals surface area contributed by atoms with E-state index in [4.69, 9.17) is 4.74 Å². The lowest BCUT2D eigenvalue weighted by Gasteiger charge is -2.26. The minimum Gasteiger partial charge on any atom is -0.379 e. The van der Waals surface area contributed by atoms with E-state index in [-0.39, 0.29) is 0 Å². The first-order valence-corrected chi connectivity index (χ1v) is 10.6. The highest BCUT2D eigenvalue weighted by atomic mass is 16.5. The normalized spacial score (nSPS) is 17.9. The van der Waals surface area contributed by atoms with E-state index in [1.54, 1.807) is 0 Å². The zero-order chi connectivity index (χ0) is 18.8. The van der Waals surface area contributed by atoms with E-state index in [0.717, 1.165) is 70.2 Å². The van der Waals surface area contributed by atoms with Gasteiger partial charge in [-0.3, -0.25) is 10.00 Å². The summed E-state index contributed by atoms with van der Waals surface area (Å²) < 4.78 is 5.40. The number of aromatic amines is 2. The summed E-state index contributed by atoms with van der Waals surface area (Å²) in [6.07, 6.45) is 4.79. The third kappa shape index (κ3) is 3.72. The van der Waals surface area contributed by atoms with Crippen LogP contribution in [0.4, 0.5) is 0 Å². The number of aryl methyl sites for hydroxylation is 1. The van der Waals surface area contributed by atoms with Gasteiger partial charge in [-0.05, 0) is 49.4 Å². The first kappa shape index (κ1) is 17.9. The molecule has 2 aromatic heterocycles. The Morgan fingerprint density at radius 1 is 1.11 bits per heavy atom. The summed E-state index contributed by atoms with van der Waals surface area (Å²) in [5.41, 5.74) is 7.47. The number of fused-ring (bicyclic) bond motifs is 2. The summed E-state index contributed by atoms with van der Waals surface area (Å²) in [4.78, 5) is 6.03. The van der Waals surface area contributed by atoms with Crippen molar-refractivity contribution in [1.29, 1.82) is 0 Å². The molecule has 2 aliphatic rings. The number of benzene rings is 1. The highest BCUT2D eigenvalue weighted by molar-refractivity contribution is 5.86. The molecule has 1 fully saturated rings. The van der Waals surface area contributed by atoms with E-state index < -0.39 is 0 Å². The summed E-state index contributed by atoms with van der Waals surface area (Å²) in [5.74, 6) is 0. The standard InChI is InChI=1S/C22H29N5O/c1-2-4-20-18(3-1)22(26-25-20)21-14-17-13-16(5-6-19(17)24-21)15-23-7-8-27-9-11-28-12-10-27/h5-6,13-14,23-24H,1-4,7-12,15H2,(H,25,26). The fourth-order valence-corrected chi connectivity index (χ4v) is 4.42. The zero-order valence-corrected chi connectivity index (χ0v) is 16.4. The Labute approximate surface area is 165 Å². The molecule has 0 radical (unpaired) electrons. The SMILES string of the molecule is c1cc2[nH]c(-c3n[nH]c4c3CCCC4)cc2cc1CNCCN1CCOCC1. The van der Waals surface area contributed by atoms with Gasteiger partial charge in [0.25, 0.3) is 0 Å². The lowest BCUT2D eigenvalue weighted by Crippen LogP contribution is -2.40. The van der Waals surface area contributed by atoms with E-state index in [9.17, 15) is 0 Å². The molecule has 0 spiro atoms. The van der Waals surface area contributed by atoms with E-state index in [1.807, 2.05) is 0 Å². The monoisotopic (exact) mass is 379 g/mol. The second-order valence-electron chi connectivity index (χ2n) is 7.97. The fraction of sp³-hybridized carbons (Fsp3) is 0.500. The third-order valence-electron chi connectivity index (χ3n) is 6.03. The van der Waals surface area contributed by atoms with Crippen LogP contribution < -0.4 is 5.32 Å². The van der Waals surface area contributed by atoms with Gasteiger partial charge in [-0.1, -0.05) is 6.07 Å². The molecule has 6 nitrogen and oxygen atoms in total. The molecule has 1 aliphatic heterocycles. The van der Waals surface area contributed by atoms with Crippen molar-refractivity contribution in [2.45, 2.75) is 32.2 Å². The summed E-state index contributed by atoms with van der Waals surface area (Å²) in [5, 5.41) is 12.7. The van der Waals surface area contributed by atoms with Crippen molar-refractivity contribution in [2.24, 2.45) is 0 Å². The maximum atomic E-state index is 5.40. The molecule has 1 saturated heterocycles. The molecular formula is C22H29N5O. The molecule has 0 unspecified atom stereocenters. The molecule has 3 heterocycles. The maximum absolute atomic E-state index is 5.40. The molecule has 0 atom stereocenters. The highest BCUT2D eigenvalue weighted by Crippen LogP contribution is 2.31. The van der Waals surface area contributed by atoms with Crippen LogP contribution in [0.3, 0.4) is 0 Å². The molecule has 148 valence electrons. The molecular weight excluding hydrogens is 350 g/mol. The van der Waals surface area contributed by atoms with Crippen LogP contribution in [0.2, 0.25) is 0 Å². The van der Waals surface area contributed by atoms with Crippen molar-refractivity contribution in [3.63, 3.8) is 0 Å². The smallest absolute Gasteiger partial charge is 0.112 e. The van der Waals surface area contributed by atoms with Crippen molar-refractivity contribution in [2.75, 3.05) is 39.4 Å². The van der Waals surface area contributed by atoms with Gasteiger partial charge in [0.15, 0.2) is 0 Å². The number of aromatic nitrogens is 3. The van der Waals surface area contributed by atoms with Gasteiger partial charge in [0.2, 0.25) is 0 Å². The molecule has 0 bridgehead atoms. The molecule has 0 amide bonds. The van der Waals surface area contributed by atoms with Crippen LogP contribution in [0.15, 0.2) is 24.3 Å². The fourth-order valence-electron chi connectivity index (χ4n) is 4.42. The molecule has 1 aromatic carbocycles. The van der Waals surface area contributed by atoms with Crippen molar-refractivity contribution in [3.05, 3.63) is 41.1 Å². The third-order valence-corrected chi connectivity index (χ3v) is 6.03. The predicted molar refractivity (Wildman–Crippen MR) is 111 cm³/mol. The minimum absolute atomic E-state index is 0.867. The highest BCUT2D eigenvalue weighted by Gasteiger charge is 2.19. The number of rotatable bonds is 6. The number of hydrogen-bond acceptors (Lipinski definition) is 4. The number of ether oxygens (including phenoxy) is 1. The summed E-state index contributed by atoms with van der Waals surface area (Å²) in [7, 11) is 0. The predicted octanol–water partition coefficient (Wildman–Crippen LogP) is 2.86. The lowest BCUT2D eigenvalue weighted by atomic mass is 9.95. The van der Waals surface area contributed by atoms with Gasteiger partial charge < -0.3 is 15.0 Å². The topological polar surface area (TPSA) is 69.0 Å². The molecule has 28 heavy (non-hydrogen) atoms. The van der Waals surface area contributed by atoms with Crippen LogP contribution >= 0.6 is 0 Å². The Kier molecular flexibility index (Phi) is 5.16. The zero-order valence-electron chi connectivity index (χ0n) is 16.4. The van der Waals surface area contributed by atoms with Crippen molar-refractivity contribution >= 4 is 10.9 Å². The summed E-state index contributed by atoms with van der Waals surface area (Å²) >= 11 is 0. The maximum Gasteiger partial charge on any atom is 0.112 e. The second kappa shape index (κ2) is 8.07. The van der Waals surface area contributed by atoms with Crippen LogP contribution in [0.1, 0.15) is 29.7 Å². The second-order valence-corrected chi connectivity index (χ2v) is 7.97. The average molecular weight is 380 g/mol. The van der Waals surface area contributed by atoms with E-state index in [2.05, 4.69) is 49.7 Å². The lowest BCUT2D eigenvalue weighted by molar-refractivity contribution is 0.0384. The Bertz CT molecular complexity index is 938. The van der Waals surface area contributed by atoms with Crippen LogP contribution in [-0.4, -0.2) is 59.5 Å². The van der Waals surface area contributed by atoms with Gasteiger partial charge in [0, 0.05) is 54.9 Å². The molecule has 1 aliphatic carbocycles. The molecule has 6 heteroatoms. The number of morpholine rings is 1. The Morgan fingerprint density at radius 2 is 2.00 bits per heavy atom. The van der Waals surface area contributed by atoms with Crippen molar-refractivity contribution in [1.82, 2.24) is 25.4 Å². The van der Waals surface area contributed by atoms with Gasteiger partial charge >= 0.3 is 0 Å². The van der Waals surface area contributed by atoms with Gasteiger partial charge in [-0.25, -0.2) is 0 Å². The Balaban J connectivity index is 1.24. The van der Waals surface area contributed by atoms with Crippen molar-refractivity contribution < 1.29 is 4.74 Å². The van der Waals surface area contributed by atoms with Gasteiger partial charge in [-0.2, -0.15) is 5.10 Å². The number of H-pyrrole nitrogens is 2. The van der Waals surface area contributed by atoms with Crippen LogP contribution in [0.25, 0.3) is 22.3 Å². The molecule has 5 rings (SSSR count). The summed E-state index contributed by atoms with van der Waals surface area (Å²) in [6.45, 7) is 6.84. The molecule has 0 saturated carbocycles. The quantitative estimate of drug-likeness (QED) is 0.576. The largest absolute Gasteiger partial charge is 0.379 e. The van der Waals surface area contributed by atoms with Gasteiger partial charge in [0.05, 0.1) is 18.9 Å². The number of hydrogen-bond donors (Lipinski definition) is 3. The van der Waals surface area contributed by atoms with Gasteiger partial charge in [0.1, 0.15) is 5.69 Å². The van der Waals surface area contributed by atoms with E-state index in [1.165, 1.54) is 40.6 Å². The molecule has 3 N–H and O–H groups in total. The van der Waals surface area contributed by atoms with E-state index >= 15 is 0 Å². The average Bonchev–Trinajstić information content (AvgIpc) is 3.35. The molecule has 3 aromatic rings. The van der Waals surface area contributed by atoms with Crippen molar-refractivity contribution in [3.8, 4) is 11.4 Å². The van der Waals surface area contributed by atoms with Crippen LogP contribution in [0, 0.1) is 0 Å². The first-order chi connectivity index (χ1) is 13.9. The summed E-state index contributed by atoms with van der Waals surface area (Å²) in [6, 6.07) is 8.94. The van der Waals surface area contributed by atoms with Crippen LogP contribution in [0.5, 0.6) is 0 Å². The van der Waals surface area contributed by atoms with E-state index in [0.29, 0.717) is 0 Å². The van der Waals surface area contributed by atoms with Crippen LogP contribution in [-0.2, 0) is 24.1 Å². The Morgan fingerprint density at radius 3 is 2.93 bits per heavy atom. The Hall–Kier alpha value is -2.15. The van der Waals surface area contributed by atoms with Gasteiger partial charge in [-0.15, -0.1) is 0 Å². The first-order valence-electron chi connectivity index (χ1n) is 10.6. The minimum atomic E-state index is 0.867. The number of nitrogens with zero attached hydrogens (tertiary/aromatic N) is 2.